The average molecular weight is 219 g/mol. The maximum Gasteiger partial charge on any atom is 0.123 e. The van der Waals surface area contributed by atoms with E-state index in [0.29, 0.717) is 13.1 Å². The zero-order valence-electron chi connectivity index (χ0n) is 8.88. The molecule has 16 heavy (non-hydrogen) atoms. The van der Waals surface area contributed by atoms with Gasteiger partial charge in [0, 0.05) is 31.4 Å². The minimum absolute atomic E-state index is 0.0931. The van der Waals surface area contributed by atoms with Crippen molar-refractivity contribution in [3.63, 3.8) is 0 Å². The second-order valence-corrected chi connectivity index (χ2v) is 3.72. The summed E-state index contributed by atoms with van der Waals surface area (Å²) in [6.45, 7) is 1.15. The molecule has 1 atom stereocenters. The van der Waals surface area contributed by atoms with E-state index in [1.807, 2.05) is 23.0 Å². The lowest BCUT2D eigenvalue weighted by Gasteiger charge is -2.15. The number of hydrogen-bond acceptors (Lipinski definition) is 2. The smallest absolute Gasteiger partial charge is 0.123 e. The Balaban J connectivity index is 2.16. The van der Waals surface area contributed by atoms with Crippen LogP contribution in [-0.4, -0.2) is 16.3 Å². The number of rotatable bonds is 4. The SMILES string of the molecule is NCC(Cn1cccn1)c1cccc(F)c1. The minimum Gasteiger partial charge on any atom is -0.330 e. The van der Waals surface area contributed by atoms with Crippen LogP contribution in [0.5, 0.6) is 0 Å². The standard InChI is InChI=1S/C12H14FN3/c13-12-4-1-3-10(7-12)11(8-14)9-16-6-2-5-15-16/h1-7,11H,8-9,14H2. The van der Waals surface area contributed by atoms with Crippen LogP contribution in [0.25, 0.3) is 0 Å². The van der Waals surface area contributed by atoms with Gasteiger partial charge in [0.05, 0.1) is 0 Å². The van der Waals surface area contributed by atoms with Crippen molar-refractivity contribution in [1.82, 2.24) is 9.78 Å². The van der Waals surface area contributed by atoms with Crippen molar-refractivity contribution in [3.8, 4) is 0 Å². The van der Waals surface area contributed by atoms with E-state index in [1.165, 1.54) is 12.1 Å². The van der Waals surface area contributed by atoms with Crippen molar-refractivity contribution < 1.29 is 4.39 Å². The van der Waals surface area contributed by atoms with Crippen molar-refractivity contribution >= 4 is 0 Å². The Morgan fingerprint density at radius 1 is 1.38 bits per heavy atom. The second kappa shape index (κ2) is 4.90. The van der Waals surface area contributed by atoms with Gasteiger partial charge in [-0.2, -0.15) is 5.10 Å². The number of nitrogens with two attached hydrogens (primary N) is 1. The number of aromatic nitrogens is 2. The Morgan fingerprint density at radius 2 is 2.25 bits per heavy atom. The summed E-state index contributed by atoms with van der Waals surface area (Å²) in [5.41, 5.74) is 6.62. The topological polar surface area (TPSA) is 43.8 Å². The summed E-state index contributed by atoms with van der Waals surface area (Å²) in [4.78, 5) is 0. The van der Waals surface area contributed by atoms with E-state index in [0.717, 1.165) is 5.56 Å². The minimum atomic E-state index is -0.226. The maximum absolute atomic E-state index is 13.1. The molecule has 0 saturated heterocycles. The third-order valence-electron chi connectivity index (χ3n) is 2.57. The van der Waals surface area contributed by atoms with E-state index in [-0.39, 0.29) is 11.7 Å². The molecule has 84 valence electrons. The van der Waals surface area contributed by atoms with Crippen LogP contribution < -0.4 is 5.73 Å². The van der Waals surface area contributed by atoms with Crippen molar-refractivity contribution in [1.29, 1.82) is 0 Å². The summed E-state index contributed by atoms with van der Waals surface area (Å²) in [6, 6.07) is 8.42. The normalized spacial score (nSPS) is 12.6. The van der Waals surface area contributed by atoms with Gasteiger partial charge in [0.15, 0.2) is 0 Å². The molecule has 4 heteroatoms. The van der Waals surface area contributed by atoms with E-state index in [4.69, 9.17) is 5.73 Å². The first kappa shape index (κ1) is 10.8. The summed E-state index contributed by atoms with van der Waals surface area (Å²) < 4.78 is 14.9. The molecular weight excluding hydrogens is 205 g/mol. The fourth-order valence-corrected chi connectivity index (χ4v) is 1.71. The van der Waals surface area contributed by atoms with Crippen LogP contribution in [0.15, 0.2) is 42.7 Å². The highest BCUT2D eigenvalue weighted by atomic mass is 19.1. The van der Waals surface area contributed by atoms with Gasteiger partial charge in [-0.25, -0.2) is 4.39 Å². The maximum atomic E-state index is 13.1. The van der Waals surface area contributed by atoms with E-state index in [1.54, 1.807) is 12.3 Å². The lowest BCUT2D eigenvalue weighted by Crippen LogP contribution is -2.18. The van der Waals surface area contributed by atoms with Crippen molar-refractivity contribution in [2.75, 3.05) is 6.54 Å². The highest BCUT2D eigenvalue weighted by molar-refractivity contribution is 5.20. The lowest BCUT2D eigenvalue weighted by atomic mass is 9.99. The average Bonchev–Trinajstić information content (AvgIpc) is 2.78. The highest BCUT2D eigenvalue weighted by Gasteiger charge is 2.11. The molecular formula is C12H14FN3. The third-order valence-corrected chi connectivity index (χ3v) is 2.57. The molecule has 0 aliphatic carbocycles. The molecule has 2 N–H and O–H groups in total. The Hall–Kier alpha value is -1.68. The Kier molecular flexibility index (Phi) is 3.31. The van der Waals surface area contributed by atoms with Gasteiger partial charge in [-0.15, -0.1) is 0 Å². The molecule has 1 aromatic carbocycles. The van der Waals surface area contributed by atoms with Gasteiger partial charge in [0.25, 0.3) is 0 Å². The fourth-order valence-electron chi connectivity index (χ4n) is 1.71. The predicted octanol–water partition coefficient (Wildman–Crippen LogP) is 1.76. The van der Waals surface area contributed by atoms with Crippen molar-refractivity contribution in [2.45, 2.75) is 12.5 Å². The molecule has 1 unspecified atom stereocenters. The van der Waals surface area contributed by atoms with Crippen molar-refractivity contribution in [2.24, 2.45) is 5.73 Å². The Labute approximate surface area is 93.7 Å². The lowest BCUT2D eigenvalue weighted by molar-refractivity contribution is 0.517. The van der Waals surface area contributed by atoms with Gasteiger partial charge in [-0.05, 0) is 23.8 Å². The Morgan fingerprint density at radius 3 is 2.88 bits per heavy atom. The molecule has 2 rings (SSSR count). The molecule has 0 amide bonds. The molecule has 0 aliphatic rings. The Bertz CT molecular complexity index is 439. The number of benzene rings is 1. The van der Waals surface area contributed by atoms with Gasteiger partial charge in [-0.3, -0.25) is 4.68 Å². The molecule has 0 bridgehead atoms. The van der Waals surface area contributed by atoms with Gasteiger partial charge in [0.1, 0.15) is 5.82 Å². The number of nitrogens with zero attached hydrogens (tertiary/aromatic N) is 2. The summed E-state index contributed by atoms with van der Waals surface area (Å²) in [6.07, 6.45) is 3.60. The summed E-state index contributed by atoms with van der Waals surface area (Å²) in [5.74, 6) is -0.132. The molecule has 0 saturated carbocycles. The highest BCUT2D eigenvalue weighted by Crippen LogP contribution is 2.17. The zero-order chi connectivity index (χ0) is 11.4. The quantitative estimate of drug-likeness (QED) is 0.851. The second-order valence-electron chi connectivity index (χ2n) is 3.72. The van der Waals surface area contributed by atoms with Crippen LogP contribution in [0.1, 0.15) is 11.5 Å². The largest absolute Gasteiger partial charge is 0.330 e. The van der Waals surface area contributed by atoms with Gasteiger partial charge >= 0.3 is 0 Å². The summed E-state index contributed by atoms with van der Waals surface area (Å²) in [7, 11) is 0. The van der Waals surface area contributed by atoms with E-state index >= 15 is 0 Å². The monoisotopic (exact) mass is 219 g/mol. The molecule has 2 aromatic rings. The van der Waals surface area contributed by atoms with Crippen LogP contribution >= 0.6 is 0 Å². The molecule has 0 spiro atoms. The first-order valence-corrected chi connectivity index (χ1v) is 5.22. The predicted molar refractivity (Wildman–Crippen MR) is 60.4 cm³/mol. The first-order chi connectivity index (χ1) is 7.79. The number of halogens is 1. The van der Waals surface area contributed by atoms with E-state index in [2.05, 4.69) is 5.10 Å². The van der Waals surface area contributed by atoms with Crippen LogP contribution in [0.2, 0.25) is 0 Å². The molecule has 0 aliphatic heterocycles. The first-order valence-electron chi connectivity index (χ1n) is 5.22. The fraction of sp³-hybridized carbons (Fsp3) is 0.250. The molecule has 1 heterocycles. The van der Waals surface area contributed by atoms with E-state index < -0.39 is 0 Å². The summed E-state index contributed by atoms with van der Waals surface area (Å²) in [5, 5.41) is 4.12. The van der Waals surface area contributed by atoms with Crippen LogP contribution in [-0.2, 0) is 6.54 Å². The van der Waals surface area contributed by atoms with Crippen LogP contribution in [0, 0.1) is 5.82 Å². The van der Waals surface area contributed by atoms with Gasteiger partial charge in [-0.1, -0.05) is 12.1 Å². The molecule has 0 radical (unpaired) electrons. The third kappa shape index (κ3) is 2.46. The van der Waals surface area contributed by atoms with Crippen molar-refractivity contribution in [3.05, 3.63) is 54.1 Å². The van der Waals surface area contributed by atoms with Gasteiger partial charge in [0.2, 0.25) is 0 Å². The summed E-state index contributed by atoms with van der Waals surface area (Å²) >= 11 is 0. The molecule has 0 fully saturated rings. The van der Waals surface area contributed by atoms with Gasteiger partial charge < -0.3 is 5.73 Å². The molecule has 3 nitrogen and oxygen atoms in total. The molecule has 1 aromatic heterocycles. The number of hydrogen-bond donors (Lipinski definition) is 1. The van der Waals surface area contributed by atoms with Crippen LogP contribution in [0.3, 0.4) is 0 Å². The van der Waals surface area contributed by atoms with Crippen LogP contribution in [0.4, 0.5) is 4.39 Å². The van der Waals surface area contributed by atoms with E-state index in [9.17, 15) is 4.39 Å². The zero-order valence-corrected chi connectivity index (χ0v) is 8.88.